The third kappa shape index (κ3) is 4.47. The number of esters is 1. The number of thioether (sulfide) groups is 1. The number of aryl methyl sites for hydroxylation is 1. The normalized spacial score (nSPS) is 25.6. The molecule has 0 N–H and O–H groups in total. The molecule has 0 radical (unpaired) electrons. The average molecular weight is 373 g/mol. The minimum atomic E-state index is -0.217. The second-order valence-electron chi connectivity index (χ2n) is 5.31. The van der Waals surface area contributed by atoms with Crippen LogP contribution in [0.4, 0.5) is 0 Å². The molecule has 0 bridgehead atoms. The van der Waals surface area contributed by atoms with Gasteiger partial charge in [-0.05, 0) is 29.9 Å². The van der Waals surface area contributed by atoms with Crippen LogP contribution in [0.2, 0.25) is 0 Å². The van der Waals surface area contributed by atoms with Gasteiger partial charge in [-0.2, -0.15) is 0 Å². The number of hydrogen-bond acceptors (Lipinski definition) is 4. The molecule has 2 rings (SSSR count). The summed E-state index contributed by atoms with van der Waals surface area (Å²) in [5.41, 5.74) is 3.77. The number of halogens is 1. The van der Waals surface area contributed by atoms with Crippen LogP contribution in [0.3, 0.4) is 0 Å². The standard InChI is InChI=1S/C16H21BrO3S/c1-10-4-5-12(6-13(10)9-17)15-7-14(19-11(2)18)8-16(20-15)21-3/h4-6,14-16H,7-9H2,1-3H3. The molecule has 0 aromatic heterocycles. The summed E-state index contributed by atoms with van der Waals surface area (Å²) in [7, 11) is 0. The number of carbonyl (C=O) groups is 1. The van der Waals surface area contributed by atoms with E-state index in [9.17, 15) is 4.79 Å². The first-order valence-electron chi connectivity index (χ1n) is 7.04. The Kier molecular flexibility index (Phi) is 6.14. The summed E-state index contributed by atoms with van der Waals surface area (Å²) in [6, 6.07) is 6.42. The van der Waals surface area contributed by atoms with Gasteiger partial charge in [-0.15, -0.1) is 11.8 Å². The van der Waals surface area contributed by atoms with E-state index in [4.69, 9.17) is 9.47 Å². The summed E-state index contributed by atoms with van der Waals surface area (Å²) in [5.74, 6) is -0.217. The van der Waals surface area contributed by atoms with Crippen LogP contribution < -0.4 is 0 Å². The molecule has 0 amide bonds. The number of alkyl halides is 1. The Bertz CT molecular complexity index is 506. The van der Waals surface area contributed by atoms with Crippen molar-refractivity contribution in [3.63, 3.8) is 0 Å². The first kappa shape index (κ1) is 16.8. The van der Waals surface area contributed by atoms with Crippen LogP contribution >= 0.6 is 27.7 Å². The maximum Gasteiger partial charge on any atom is 0.302 e. The Morgan fingerprint density at radius 1 is 1.48 bits per heavy atom. The lowest BCUT2D eigenvalue weighted by Gasteiger charge is -2.34. The van der Waals surface area contributed by atoms with Gasteiger partial charge in [-0.25, -0.2) is 0 Å². The lowest BCUT2D eigenvalue weighted by atomic mass is 9.96. The van der Waals surface area contributed by atoms with Crippen molar-refractivity contribution in [2.75, 3.05) is 6.26 Å². The number of ether oxygens (including phenoxy) is 2. The van der Waals surface area contributed by atoms with Gasteiger partial charge >= 0.3 is 5.97 Å². The Morgan fingerprint density at radius 3 is 2.86 bits per heavy atom. The van der Waals surface area contributed by atoms with E-state index in [0.717, 1.165) is 23.7 Å². The van der Waals surface area contributed by atoms with Crippen molar-refractivity contribution >= 4 is 33.7 Å². The molecule has 0 spiro atoms. The first-order chi connectivity index (χ1) is 10.0. The van der Waals surface area contributed by atoms with Gasteiger partial charge in [0.05, 0.1) is 6.10 Å². The molecule has 5 heteroatoms. The molecular formula is C16H21BrO3S. The van der Waals surface area contributed by atoms with E-state index in [-0.39, 0.29) is 23.6 Å². The summed E-state index contributed by atoms with van der Waals surface area (Å²) in [6.07, 6.45) is 3.43. The largest absolute Gasteiger partial charge is 0.462 e. The molecule has 1 saturated heterocycles. The van der Waals surface area contributed by atoms with Crippen molar-refractivity contribution in [3.8, 4) is 0 Å². The summed E-state index contributed by atoms with van der Waals surface area (Å²) in [5, 5.41) is 0.832. The predicted molar refractivity (Wildman–Crippen MR) is 89.7 cm³/mol. The second-order valence-corrected chi connectivity index (χ2v) is 6.87. The van der Waals surface area contributed by atoms with Crippen molar-refractivity contribution in [1.29, 1.82) is 0 Å². The van der Waals surface area contributed by atoms with E-state index in [1.807, 2.05) is 6.26 Å². The van der Waals surface area contributed by atoms with Crippen LogP contribution in [0.15, 0.2) is 18.2 Å². The summed E-state index contributed by atoms with van der Waals surface area (Å²) in [4.78, 5) is 11.2. The maximum atomic E-state index is 11.2. The molecule has 1 aromatic rings. The van der Waals surface area contributed by atoms with Crippen molar-refractivity contribution in [1.82, 2.24) is 0 Å². The highest BCUT2D eigenvalue weighted by Gasteiger charge is 2.32. The third-order valence-corrected chi connectivity index (χ3v) is 5.17. The molecule has 1 heterocycles. The Labute approximate surface area is 138 Å². The van der Waals surface area contributed by atoms with Crippen molar-refractivity contribution in [2.24, 2.45) is 0 Å². The van der Waals surface area contributed by atoms with E-state index < -0.39 is 0 Å². The molecule has 0 saturated carbocycles. The minimum absolute atomic E-state index is 0.0149. The number of carbonyl (C=O) groups excluding carboxylic acids is 1. The van der Waals surface area contributed by atoms with Gasteiger partial charge in [-0.1, -0.05) is 34.1 Å². The van der Waals surface area contributed by atoms with Crippen LogP contribution in [-0.4, -0.2) is 23.8 Å². The molecule has 21 heavy (non-hydrogen) atoms. The van der Waals surface area contributed by atoms with E-state index in [1.165, 1.54) is 18.1 Å². The fourth-order valence-corrected chi connectivity index (χ4v) is 3.83. The highest BCUT2D eigenvalue weighted by Crippen LogP contribution is 2.37. The van der Waals surface area contributed by atoms with Crippen molar-refractivity contribution in [2.45, 2.75) is 49.7 Å². The molecule has 1 aliphatic rings. The number of rotatable bonds is 4. The zero-order valence-electron chi connectivity index (χ0n) is 12.6. The molecule has 0 aliphatic carbocycles. The fraction of sp³-hybridized carbons (Fsp3) is 0.562. The third-order valence-electron chi connectivity index (χ3n) is 3.73. The molecule has 3 atom stereocenters. The highest BCUT2D eigenvalue weighted by atomic mass is 79.9. The van der Waals surface area contributed by atoms with Crippen LogP contribution in [0.5, 0.6) is 0 Å². The Hall–Kier alpha value is -0.520. The van der Waals surface area contributed by atoms with Gasteiger partial charge < -0.3 is 9.47 Å². The van der Waals surface area contributed by atoms with Gasteiger partial charge in [0.2, 0.25) is 0 Å². The Balaban J connectivity index is 2.18. The highest BCUT2D eigenvalue weighted by molar-refractivity contribution is 9.08. The predicted octanol–water partition coefficient (Wildman–Crippen LogP) is 4.36. The zero-order chi connectivity index (χ0) is 15.4. The van der Waals surface area contributed by atoms with Gasteiger partial charge in [0.15, 0.2) is 0 Å². The molecule has 116 valence electrons. The molecule has 1 aromatic carbocycles. The minimum Gasteiger partial charge on any atom is -0.462 e. The number of benzene rings is 1. The number of hydrogen-bond donors (Lipinski definition) is 0. The SMILES string of the molecule is CSC1CC(OC(C)=O)CC(c2ccc(C)c(CBr)c2)O1. The molecule has 3 unspecified atom stereocenters. The van der Waals surface area contributed by atoms with Gasteiger partial charge in [0.25, 0.3) is 0 Å². The van der Waals surface area contributed by atoms with E-state index in [0.29, 0.717) is 0 Å². The Morgan fingerprint density at radius 2 is 2.24 bits per heavy atom. The van der Waals surface area contributed by atoms with Crippen LogP contribution in [-0.2, 0) is 19.6 Å². The first-order valence-corrected chi connectivity index (χ1v) is 9.45. The molecule has 1 fully saturated rings. The summed E-state index contributed by atoms with van der Waals surface area (Å²) < 4.78 is 11.5. The fourth-order valence-electron chi connectivity index (χ4n) is 2.58. The van der Waals surface area contributed by atoms with Crippen LogP contribution in [0, 0.1) is 6.92 Å². The van der Waals surface area contributed by atoms with E-state index in [2.05, 4.69) is 41.1 Å². The molecule has 1 aliphatic heterocycles. The lowest BCUT2D eigenvalue weighted by molar-refractivity contribution is -0.155. The monoisotopic (exact) mass is 372 g/mol. The molecular weight excluding hydrogens is 352 g/mol. The van der Waals surface area contributed by atoms with E-state index in [1.54, 1.807) is 11.8 Å². The lowest BCUT2D eigenvalue weighted by Crippen LogP contribution is -2.32. The van der Waals surface area contributed by atoms with Gasteiger partial charge in [0.1, 0.15) is 11.5 Å². The average Bonchev–Trinajstić information content (AvgIpc) is 2.46. The van der Waals surface area contributed by atoms with Crippen molar-refractivity contribution < 1.29 is 14.3 Å². The maximum absolute atomic E-state index is 11.2. The van der Waals surface area contributed by atoms with Crippen LogP contribution in [0.1, 0.15) is 42.6 Å². The smallest absolute Gasteiger partial charge is 0.302 e. The van der Waals surface area contributed by atoms with E-state index >= 15 is 0 Å². The molecule has 3 nitrogen and oxygen atoms in total. The van der Waals surface area contributed by atoms with Gasteiger partial charge in [0, 0.05) is 25.1 Å². The summed E-state index contributed by atoms with van der Waals surface area (Å²) >= 11 is 5.19. The van der Waals surface area contributed by atoms with Crippen LogP contribution in [0.25, 0.3) is 0 Å². The quantitative estimate of drug-likeness (QED) is 0.580. The summed E-state index contributed by atoms with van der Waals surface area (Å²) in [6.45, 7) is 3.57. The zero-order valence-corrected chi connectivity index (χ0v) is 15.0. The van der Waals surface area contributed by atoms with Crippen molar-refractivity contribution in [3.05, 3.63) is 34.9 Å². The second kappa shape index (κ2) is 7.65. The van der Waals surface area contributed by atoms with Gasteiger partial charge in [-0.3, -0.25) is 4.79 Å². The topological polar surface area (TPSA) is 35.5 Å².